The standard InChI is InChI=1S/C17H26N2S/c1-3-10-18-11-9-15-14-19(12-6-13-20-2)17-8-5-4-7-16(15)17/h4-5,7-8,14,18H,3,6,9-13H2,1-2H3. The number of hydrogen-bond acceptors (Lipinski definition) is 2. The molecule has 0 bridgehead atoms. The number of nitrogens with zero attached hydrogens (tertiary/aromatic N) is 1. The van der Waals surface area contributed by atoms with Gasteiger partial charge in [-0.15, -0.1) is 0 Å². The maximum atomic E-state index is 3.50. The molecule has 0 unspecified atom stereocenters. The third-order valence-corrected chi connectivity index (χ3v) is 4.31. The number of rotatable bonds is 9. The van der Waals surface area contributed by atoms with Gasteiger partial charge in [0.2, 0.25) is 0 Å². The summed E-state index contributed by atoms with van der Waals surface area (Å²) in [5, 5.41) is 4.92. The van der Waals surface area contributed by atoms with Crippen molar-refractivity contribution < 1.29 is 0 Å². The van der Waals surface area contributed by atoms with Crippen LogP contribution in [0.4, 0.5) is 0 Å². The Morgan fingerprint density at radius 3 is 2.85 bits per heavy atom. The lowest BCUT2D eigenvalue weighted by Crippen LogP contribution is -2.17. The van der Waals surface area contributed by atoms with Gasteiger partial charge in [-0.25, -0.2) is 0 Å². The van der Waals surface area contributed by atoms with Gasteiger partial charge in [-0.1, -0.05) is 25.1 Å². The van der Waals surface area contributed by atoms with E-state index >= 15 is 0 Å². The Hall–Kier alpha value is -0.930. The molecule has 0 aliphatic rings. The summed E-state index contributed by atoms with van der Waals surface area (Å²) in [4.78, 5) is 0. The predicted molar refractivity (Wildman–Crippen MR) is 91.8 cm³/mol. The molecule has 0 spiro atoms. The van der Waals surface area contributed by atoms with Crippen LogP contribution in [0.15, 0.2) is 30.5 Å². The second kappa shape index (κ2) is 8.38. The molecular weight excluding hydrogens is 264 g/mol. The van der Waals surface area contributed by atoms with Crippen molar-refractivity contribution in [1.29, 1.82) is 0 Å². The fraction of sp³-hybridized carbons (Fsp3) is 0.529. The lowest BCUT2D eigenvalue weighted by atomic mass is 10.1. The Bertz CT molecular complexity index is 519. The number of para-hydroxylation sites is 1. The summed E-state index contributed by atoms with van der Waals surface area (Å²) in [6.07, 6.45) is 8.11. The van der Waals surface area contributed by atoms with Crippen LogP contribution >= 0.6 is 11.8 Å². The van der Waals surface area contributed by atoms with Gasteiger partial charge < -0.3 is 9.88 Å². The normalized spacial score (nSPS) is 11.3. The molecule has 0 aliphatic carbocycles. The predicted octanol–water partition coefficient (Wildman–Crippen LogP) is 3.94. The van der Waals surface area contributed by atoms with Gasteiger partial charge in [0.15, 0.2) is 0 Å². The Morgan fingerprint density at radius 1 is 1.20 bits per heavy atom. The summed E-state index contributed by atoms with van der Waals surface area (Å²) < 4.78 is 2.43. The fourth-order valence-corrected chi connectivity index (χ4v) is 3.03. The molecule has 2 nitrogen and oxygen atoms in total. The van der Waals surface area contributed by atoms with E-state index in [9.17, 15) is 0 Å². The molecule has 1 aromatic carbocycles. The van der Waals surface area contributed by atoms with Gasteiger partial charge in [0.05, 0.1) is 0 Å². The SMILES string of the molecule is CCCNCCc1cn(CCCSC)c2ccccc12. The Labute approximate surface area is 126 Å². The molecule has 1 N–H and O–H groups in total. The number of fused-ring (bicyclic) bond motifs is 1. The van der Waals surface area contributed by atoms with Gasteiger partial charge >= 0.3 is 0 Å². The van der Waals surface area contributed by atoms with E-state index in [1.165, 1.54) is 35.1 Å². The zero-order valence-electron chi connectivity index (χ0n) is 12.7. The molecule has 2 rings (SSSR count). The maximum absolute atomic E-state index is 3.50. The van der Waals surface area contributed by atoms with E-state index in [0.717, 1.165) is 26.1 Å². The molecule has 0 atom stereocenters. The largest absolute Gasteiger partial charge is 0.347 e. The maximum Gasteiger partial charge on any atom is 0.0483 e. The highest BCUT2D eigenvalue weighted by molar-refractivity contribution is 7.98. The summed E-state index contributed by atoms with van der Waals surface area (Å²) >= 11 is 1.93. The van der Waals surface area contributed by atoms with Crippen LogP contribution in [0.25, 0.3) is 10.9 Å². The van der Waals surface area contributed by atoms with Crippen LogP contribution < -0.4 is 5.32 Å². The Morgan fingerprint density at radius 2 is 2.05 bits per heavy atom. The molecule has 2 aromatic rings. The van der Waals surface area contributed by atoms with Crippen LogP contribution in [0.2, 0.25) is 0 Å². The highest BCUT2D eigenvalue weighted by Crippen LogP contribution is 2.22. The van der Waals surface area contributed by atoms with Gasteiger partial charge in [-0.3, -0.25) is 0 Å². The van der Waals surface area contributed by atoms with Gasteiger partial charge in [-0.2, -0.15) is 11.8 Å². The molecule has 20 heavy (non-hydrogen) atoms. The first-order valence-corrected chi connectivity index (χ1v) is 9.02. The summed E-state index contributed by atoms with van der Waals surface area (Å²) in [7, 11) is 0. The third kappa shape index (κ3) is 4.03. The Kier molecular flexibility index (Phi) is 6.48. The van der Waals surface area contributed by atoms with Gasteiger partial charge in [-0.05, 0) is 56.0 Å². The molecule has 0 radical (unpaired) electrons. The van der Waals surface area contributed by atoms with Crippen molar-refractivity contribution in [3.05, 3.63) is 36.0 Å². The van der Waals surface area contributed by atoms with Crippen LogP contribution in [0.1, 0.15) is 25.3 Å². The van der Waals surface area contributed by atoms with E-state index in [2.05, 4.69) is 53.5 Å². The highest BCUT2D eigenvalue weighted by Gasteiger charge is 2.07. The number of hydrogen-bond donors (Lipinski definition) is 1. The van der Waals surface area contributed by atoms with Crippen molar-refractivity contribution in [3.8, 4) is 0 Å². The minimum atomic E-state index is 1.08. The van der Waals surface area contributed by atoms with Gasteiger partial charge in [0.25, 0.3) is 0 Å². The molecule has 0 saturated carbocycles. The monoisotopic (exact) mass is 290 g/mol. The summed E-state index contributed by atoms with van der Waals surface area (Å²) in [5.74, 6) is 1.24. The van der Waals surface area contributed by atoms with Crippen molar-refractivity contribution >= 4 is 22.7 Å². The van der Waals surface area contributed by atoms with Crippen LogP contribution in [0, 0.1) is 0 Å². The smallest absolute Gasteiger partial charge is 0.0483 e. The molecule has 1 heterocycles. The number of thioether (sulfide) groups is 1. The van der Waals surface area contributed by atoms with Crippen molar-refractivity contribution in [2.24, 2.45) is 0 Å². The van der Waals surface area contributed by atoms with Gasteiger partial charge in [0.1, 0.15) is 0 Å². The molecule has 0 amide bonds. The lowest BCUT2D eigenvalue weighted by molar-refractivity contribution is 0.667. The van der Waals surface area contributed by atoms with Crippen LogP contribution in [-0.2, 0) is 13.0 Å². The first kappa shape index (κ1) is 15.5. The molecule has 110 valence electrons. The van der Waals surface area contributed by atoms with E-state index in [1.54, 1.807) is 0 Å². The van der Waals surface area contributed by atoms with E-state index in [4.69, 9.17) is 0 Å². The summed E-state index contributed by atoms with van der Waals surface area (Å²) in [6, 6.07) is 8.80. The van der Waals surface area contributed by atoms with E-state index < -0.39 is 0 Å². The Balaban J connectivity index is 2.09. The summed E-state index contributed by atoms with van der Waals surface area (Å²) in [6.45, 7) is 5.54. The second-order valence-electron chi connectivity index (χ2n) is 5.21. The average molecular weight is 290 g/mol. The zero-order chi connectivity index (χ0) is 14.2. The molecule has 0 saturated heterocycles. The lowest BCUT2D eigenvalue weighted by Gasteiger charge is -2.03. The molecular formula is C17H26N2S. The molecule has 1 aromatic heterocycles. The molecule has 3 heteroatoms. The topological polar surface area (TPSA) is 17.0 Å². The zero-order valence-corrected chi connectivity index (χ0v) is 13.5. The summed E-state index contributed by atoms with van der Waals surface area (Å²) in [5.41, 5.74) is 2.87. The van der Waals surface area contributed by atoms with Gasteiger partial charge in [0, 0.05) is 23.6 Å². The number of benzene rings is 1. The van der Waals surface area contributed by atoms with Crippen molar-refractivity contribution in [2.45, 2.75) is 32.7 Å². The molecule has 0 aliphatic heterocycles. The van der Waals surface area contributed by atoms with E-state index in [-0.39, 0.29) is 0 Å². The van der Waals surface area contributed by atoms with E-state index in [1.807, 2.05) is 11.8 Å². The molecule has 0 fully saturated rings. The minimum absolute atomic E-state index is 1.08. The van der Waals surface area contributed by atoms with Crippen LogP contribution in [0.3, 0.4) is 0 Å². The second-order valence-corrected chi connectivity index (χ2v) is 6.20. The van der Waals surface area contributed by atoms with Crippen molar-refractivity contribution in [1.82, 2.24) is 9.88 Å². The van der Waals surface area contributed by atoms with Crippen molar-refractivity contribution in [2.75, 3.05) is 25.1 Å². The fourth-order valence-electron chi connectivity index (χ4n) is 2.61. The first-order valence-electron chi connectivity index (χ1n) is 7.63. The number of aromatic nitrogens is 1. The first-order chi connectivity index (χ1) is 9.86. The van der Waals surface area contributed by atoms with Crippen LogP contribution in [0.5, 0.6) is 0 Å². The van der Waals surface area contributed by atoms with Crippen LogP contribution in [-0.4, -0.2) is 29.7 Å². The average Bonchev–Trinajstić information content (AvgIpc) is 2.83. The number of nitrogens with one attached hydrogen (secondary N) is 1. The van der Waals surface area contributed by atoms with E-state index in [0.29, 0.717) is 0 Å². The highest BCUT2D eigenvalue weighted by atomic mass is 32.2. The third-order valence-electron chi connectivity index (χ3n) is 3.62. The minimum Gasteiger partial charge on any atom is -0.347 e. The quantitative estimate of drug-likeness (QED) is 0.705. The van der Waals surface area contributed by atoms with Crippen molar-refractivity contribution in [3.63, 3.8) is 0 Å². The number of aryl methyl sites for hydroxylation is 1.